The smallest absolute Gasteiger partial charge is 0.253 e. The second kappa shape index (κ2) is 4.68. The van der Waals surface area contributed by atoms with Crippen LogP contribution in [0.3, 0.4) is 0 Å². The highest BCUT2D eigenvalue weighted by molar-refractivity contribution is 6.32. The summed E-state index contributed by atoms with van der Waals surface area (Å²) in [5.41, 5.74) is -0.0851. The van der Waals surface area contributed by atoms with Crippen molar-refractivity contribution in [3.05, 3.63) is 22.8 Å². The monoisotopic (exact) mass is 340 g/mol. The van der Waals surface area contributed by atoms with Crippen molar-refractivity contribution in [1.82, 2.24) is 0 Å². The van der Waals surface area contributed by atoms with Crippen LogP contribution in [0.1, 0.15) is 52.4 Å². The summed E-state index contributed by atoms with van der Waals surface area (Å²) in [4.78, 5) is 11.8. The van der Waals surface area contributed by atoms with E-state index in [2.05, 4.69) is 6.92 Å². The number of rotatable bonds is 0. The SMILES string of the molecule is C[C@]12CCC(=O)C=C1C(Cl)=C[C@@H]1[C@@H]2CC[C@@]2(C)[C@H]1CCC2(F)F. The Labute approximate surface area is 141 Å². The lowest BCUT2D eigenvalue weighted by molar-refractivity contribution is -0.141. The van der Waals surface area contributed by atoms with Gasteiger partial charge in [-0.3, -0.25) is 4.79 Å². The lowest BCUT2D eigenvalue weighted by Crippen LogP contribution is -2.51. The standard InChI is InChI=1S/C19H23ClF2O/c1-17-6-3-11(23)9-15(17)16(20)10-12-13(17)4-7-18(2)14(12)5-8-19(18,21)22/h9-10,12-14H,3-8H2,1-2H3/t12-,13+,14+,17-,18+/m1/s1. The molecule has 0 heterocycles. The number of fused-ring (bicyclic) bond motifs is 5. The number of alkyl halides is 2. The summed E-state index contributed by atoms with van der Waals surface area (Å²) < 4.78 is 29.0. The summed E-state index contributed by atoms with van der Waals surface area (Å²) in [6.07, 6.45) is 7.01. The van der Waals surface area contributed by atoms with Gasteiger partial charge in [-0.1, -0.05) is 31.5 Å². The lowest BCUT2D eigenvalue weighted by atomic mass is 9.49. The van der Waals surface area contributed by atoms with Crippen LogP contribution in [-0.4, -0.2) is 11.7 Å². The topological polar surface area (TPSA) is 17.1 Å². The maximum atomic E-state index is 14.5. The van der Waals surface area contributed by atoms with Crippen molar-refractivity contribution in [3.8, 4) is 0 Å². The van der Waals surface area contributed by atoms with Gasteiger partial charge in [0.05, 0.1) is 0 Å². The van der Waals surface area contributed by atoms with Gasteiger partial charge in [0.15, 0.2) is 5.78 Å². The van der Waals surface area contributed by atoms with Crippen LogP contribution < -0.4 is 0 Å². The molecule has 0 N–H and O–H groups in total. The van der Waals surface area contributed by atoms with Crippen molar-refractivity contribution >= 4 is 17.4 Å². The van der Waals surface area contributed by atoms with E-state index in [9.17, 15) is 13.6 Å². The van der Waals surface area contributed by atoms with Gasteiger partial charge >= 0.3 is 0 Å². The van der Waals surface area contributed by atoms with E-state index in [1.807, 2.05) is 6.08 Å². The molecule has 0 aromatic carbocycles. The molecule has 4 aliphatic carbocycles. The Hall–Kier alpha value is -0.700. The fourth-order valence-electron chi connectivity index (χ4n) is 6.00. The third-order valence-electron chi connectivity index (χ3n) is 7.55. The van der Waals surface area contributed by atoms with Gasteiger partial charge in [0.25, 0.3) is 5.92 Å². The first-order valence-corrected chi connectivity index (χ1v) is 9.07. The van der Waals surface area contributed by atoms with Gasteiger partial charge in [-0.25, -0.2) is 8.78 Å². The number of carbonyl (C=O) groups is 1. The van der Waals surface area contributed by atoms with Gasteiger partial charge in [-0.05, 0) is 60.5 Å². The van der Waals surface area contributed by atoms with E-state index in [-0.39, 0.29) is 29.5 Å². The van der Waals surface area contributed by atoms with Gasteiger partial charge in [0.2, 0.25) is 0 Å². The number of carbonyl (C=O) groups excluding carboxylic acids is 1. The van der Waals surface area contributed by atoms with E-state index >= 15 is 0 Å². The van der Waals surface area contributed by atoms with Crippen molar-refractivity contribution in [1.29, 1.82) is 0 Å². The summed E-state index contributed by atoms with van der Waals surface area (Å²) in [6.45, 7) is 3.97. The van der Waals surface area contributed by atoms with Crippen LogP contribution in [0.4, 0.5) is 8.78 Å². The van der Waals surface area contributed by atoms with Crippen molar-refractivity contribution in [2.75, 3.05) is 0 Å². The normalized spacial score (nSPS) is 48.0. The highest BCUT2D eigenvalue weighted by Crippen LogP contribution is 2.68. The third kappa shape index (κ3) is 1.92. The van der Waals surface area contributed by atoms with Crippen molar-refractivity contribution < 1.29 is 13.6 Å². The number of halogens is 3. The maximum absolute atomic E-state index is 14.5. The predicted molar refractivity (Wildman–Crippen MR) is 86.4 cm³/mol. The first kappa shape index (κ1) is 15.8. The average molecular weight is 341 g/mol. The molecule has 0 aromatic heterocycles. The summed E-state index contributed by atoms with van der Waals surface area (Å²) in [5.74, 6) is -1.99. The minimum Gasteiger partial charge on any atom is -0.295 e. The lowest BCUT2D eigenvalue weighted by Gasteiger charge is -2.56. The molecule has 2 fully saturated rings. The molecule has 4 rings (SSSR count). The van der Waals surface area contributed by atoms with E-state index in [1.165, 1.54) is 0 Å². The molecule has 0 radical (unpaired) electrons. The molecular formula is C19H23ClF2O. The summed E-state index contributed by atoms with van der Waals surface area (Å²) >= 11 is 6.53. The molecule has 1 nitrogen and oxygen atoms in total. The molecule has 4 aliphatic rings. The quantitative estimate of drug-likeness (QED) is 0.569. The second-order valence-electron chi connectivity index (χ2n) is 8.45. The maximum Gasteiger partial charge on any atom is 0.253 e. The summed E-state index contributed by atoms with van der Waals surface area (Å²) in [6, 6.07) is 0. The van der Waals surface area contributed by atoms with Crippen LogP contribution in [0.5, 0.6) is 0 Å². The Morgan fingerprint density at radius 1 is 1.13 bits per heavy atom. The van der Waals surface area contributed by atoms with E-state index in [0.29, 0.717) is 30.2 Å². The van der Waals surface area contributed by atoms with E-state index < -0.39 is 11.3 Å². The molecule has 0 bridgehead atoms. The molecule has 23 heavy (non-hydrogen) atoms. The first-order valence-electron chi connectivity index (χ1n) is 8.70. The minimum absolute atomic E-state index is 0.000736. The number of hydrogen-bond acceptors (Lipinski definition) is 1. The van der Waals surface area contributed by atoms with Crippen molar-refractivity contribution in [2.45, 2.75) is 58.3 Å². The zero-order valence-electron chi connectivity index (χ0n) is 13.7. The Balaban J connectivity index is 1.80. The molecule has 126 valence electrons. The fraction of sp³-hybridized carbons (Fsp3) is 0.737. The highest BCUT2D eigenvalue weighted by atomic mass is 35.5. The second-order valence-corrected chi connectivity index (χ2v) is 8.85. The van der Waals surface area contributed by atoms with Crippen molar-refractivity contribution in [2.24, 2.45) is 28.6 Å². The number of allylic oxidation sites excluding steroid dienone is 4. The Kier molecular flexibility index (Phi) is 3.22. The molecule has 2 saturated carbocycles. The van der Waals surface area contributed by atoms with Crippen molar-refractivity contribution in [3.63, 3.8) is 0 Å². The zero-order valence-corrected chi connectivity index (χ0v) is 14.4. The number of ketones is 1. The van der Waals surface area contributed by atoms with Crippen LogP contribution in [0.25, 0.3) is 0 Å². The molecule has 0 spiro atoms. The average Bonchev–Trinajstić information content (AvgIpc) is 2.72. The highest BCUT2D eigenvalue weighted by Gasteiger charge is 2.65. The van der Waals surface area contributed by atoms with Gasteiger partial charge in [0.1, 0.15) is 0 Å². The Morgan fingerprint density at radius 2 is 1.83 bits per heavy atom. The van der Waals surface area contributed by atoms with E-state index in [1.54, 1.807) is 13.0 Å². The third-order valence-corrected chi connectivity index (χ3v) is 7.88. The minimum atomic E-state index is -2.57. The summed E-state index contributed by atoms with van der Waals surface area (Å²) in [5, 5.41) is 0.626. The first-order chi connectivity index (χ1) is 10.7. The molecular weight excluding hydrogens is 318 g/mol. The predicted octanol–water partition coefficient (Wildman–Crippen LogP) is 5.50. The number of hydrogen-bond donors (Lipinski definition) is 0. The summed E-state index contributed by atoms with van der Waals surface area (Å²) in [7, 11) is 0. The van der Waals surface area contributed by atoms with Crippen LogP contribution in [0.2, 0.25) is 0 Å². The van der Waals surface area contributed by atoms with E-state index in [4.69, 9.17) is 11.6 Å². The van der Waals surface area contributed by atoms with Gasteiger partial charge in [-0.2, -0.15) is 0 Å². The zero-order chi connectivity index (χ0) is 16.6. The molecule has 5 atom stereocenters. The molecule has 0 aromatic rings. The molecule has 0 unspecified atom stereocenters. The van der Waals surface area contributed by atoms with Crippen LogP contribution >= 0.6 is 11.6 Å². The fourth-order valence-corrected chi connectivity index (χ4v) is 6.42. The van der Waals surface area contributed by atoms with E-state index in [0.717, 1.165) is 18.4 Å². The Morgan fingerprint density at radius 3 is 2.57 bits per heavy atom. The van der Waals surface area contributed by atoms with Crippen LogP contribution in [0.15, 0.2) is 22.8 Å². The van der Waals surface area contributed by atoms with Gasteiger partial charge in [0, 0.05) is 23.3 Å². The molecule has 0 saturated heterocycles. The Bertz CT molecular complexity index is 637. The molecule has 4 heteroatoms. The van der Waals surface area contributed by atoms with Crippen LogP contribution in [-0.2, 0) is 4.79 Å². The van der Waals surface area contributed by atoms with Gasteiger partial charge in [-0.15, -0.1) is 0 Å². The largest absolute Gasteiger partial charge is 0.295 e. The van der Waals surface area contributed by atoms with Crippen LogP contribution in [0, 0.1) is 28.6 Å². The molecule has 0 aliphatic heterocycles. The van der Waals surface area contributed by atoms with Gasteiger partial charge < -0.3 is 0 Å². The molecule has 0 amide bonds.